The van der Waals surface area contributed by atoms with E-state index in [1.807, 2.05) is 0 Å². The van der Waals surface area contributed by atoms with E-state index in [1.165, 1.54) is 77.0 Å². The van der Waals surface area contributed by atoms with Crippen LogP contribution in [-0.2, 0) is 4.79 Å². The van der Waals surface area contributed by atoms with Crippen LogP contribution in [0.4, 0.5) is 0 Å². The van der Waals surface area contributed by atoms with E-state index in [0.29, 0.717) is 11.8 Å². The van der Waals surface area contributed by atoms with Crippen LogP contribution in [-0.4, -0.2) is 11.1 Å². The molecule has 0 aromatic rings. The molecule has 20 heavy (non-hydrogen) atoms. The quantitative estimate of drug-likeness (QED) is 0.734. The normalized spacial score (nSPS) is 31.4. The molecule has 0 aromatic heterocycles. The van der Waals surface area contributed by atoms with Gasteiger partial charge in [0.05, 0.1) is 5.92 Å². The van der Waals surface area contributed by atoms with Crippen molar-refractivity contribution in [3.05, 3.63) is 0 Å². The van der Waals surface area contributed by atoms with Crippen molar-refractivity contribution in [2.45, 2.75) is 89.9 Å². The summed E-state index contributed by atoms with van der Waals surface area (Å²) in [4.78, 5) is 11.7. The van der Waals surface area contributed by atoms with Crippen LogP contribution in [0.15, 0.2) is 0 Å². The van der Waals surface area contributed by atoms with Crippen LogP contribution in [0.1, 0.15) is 89.9 Å². The molecule has 0 spiro atoms. The van der Waals surface area contributed by atoms with Gasteiger partial charge in [-0.25, -0.2) is 0 Å². The Bertz CT molecular complexity index is 279. The zero-order valence-corrected chi connectivity index (χ0v) is 13.0. The van der Waals surface area contributed by atoms with Gasteiger partial charge in [0.1, 0.15) is 0 Å². The predicted octanol–water partition coefficient (Wildman–Crippen LogP) is 5.41. The third kappa shape index (κ3) is 4.79. The molecule has 0 bridgehead atoms. The van der Waals surface area contributed by atoms with Crippen molar-refractivity contribution in [3.63, 3.8) is 0 Å². The summed E-state index contributed by atoms with van der Waals surface area (Å²) in [5, 5.41) is 9.67. The van der Waals surface area contributed by atoms with Gasteiger partial charge < -0.3 is 5.11 Å². The van der Waals surface area contributed by atoms with Crippen molar-refractivity contribution in [2.24, 2.45) is 17.8 Å². The molecule has 1 N–H and O–H groups in total. The van der Waals surface area contributed by atoms with E-state index in [9.17, 15) is 9.90 Å². The first-order valence-corrected chi connectivity index (χ1v) is 9.02. The number of carboxylic acid groups (broad SMARTS) is 1. The van der Waals surface area contributed by atoms with Gasteiger partial charge >= 0.3 is 5.97 Å². The number of carbonyl (C=O) groups is 1. The van der Waals surface area contributed by atoms with E-state index in [-0.39, 0.29) is 5.92 Å². The van der Waals surface area contributed by atoms with Gasteiger partial charge in [0.25, 0.3) is 0 Å². The molecular formula is C18H32O2. The highest BCUT2D eigenvalue weighted by Gasteiger charge is 2.33. The van der Waals surface area contributed by atoms with Gasteiger partial charge in [-0.05, 0) is 24.7 Å². The van der Waals surface area contributed by atoms with E-state index >= 15 is 0 Å². The van der Waals surface area contributed by atoms with Crippen molar-refractivity contribution < 1.29 is 9.90 Å². The lowest BCUT2D eigenvalue weighted by molar-refractivity contribution is -0.145. The van der Waals surface area contributed by atoms with E-state index in [0.717, 1.165) is 12.8 Å². The summed E-state index contributed by atoms with van der Waals surface area (Å²) in [7, 11) is 0. The van der Waals surface area contributed by atoms with Crippen molar-refractivity contribution in [1.29, 1.82) is 0 Å². The summed E-state index contributed by atoms with van der Waals surface area (Å²) in [6.07, 6.45) is 17.7. The minimum absolute atomic E-state index is 0.0578. The third-order valence-electron chi connectivity index (χ3n) is 5.64. The Labute approximate surface area is 124 Å². The van der Waals surface area contributed by atoms with Crippen LogP contribution in [0.3, 0.4) is 0 Å². The molecule has 116 valence electrons. The number of hydrogen-bond acceptors (Lipinski definition) is 1. The topological polar surface area (TPSA) is 37.3 Å². The SMILES string of the molecule is O=C(O)C1CCCCCCCC1C1CCCCCCC1. The first-order valence-electron chi connectivity index (χ1n) is 9.02. The summed E-state index contributed by atoms with van der Waals surface area (Å²) >= 11 is 0. The number of carboxylic acids is 1. The van der Waals surface area contributed by atoms with Gasteiger partial charge in [0, 0.05) is 0 Å². The summed E-state index contributed by atoms with van der Waals surface area (Å²) in [6.45, 7) is 0. The van der Waals surface area contributed by atoms with E-state index in [2.05, 4.69) is 0 Å². The van der Waals surface area contributed by atoms with Crippen LogP contribution in [0.5, 0.6) is 0 Å². The molecule has 0 aromatic carbocycles. The molecule has 2 atom stereocenters. The first kappa shape index (κ1) is 15.9. The largest absolute Gasteiger partial charge is 0.481 e. The summed E-state index contributed by atoms with van der Waals surface area (Å²) in [6, 6.07) is 0. The maximum atomic E-state index is 11.7. The molecule has 2 unspecified atom stereocenters. The number of rotatable bonds is 2. The van der Waals surface area contributed by atoms with Gasteiger partial charge in [0.2, 0.25) is 0 Å². The fraction of sp³-hybridized carbons (Fsp3) is 0.944. The fourth-order valence-corrected chi connectivity index (χ4v) is 4.48. The van der Waals surface area contributed by atoms with Crippen LogP contribution < -0.4 is 0 Å². The van der Waals surface area contributed by atoms with Crippen LogP contribution in [0.2, 0.25) is 0 Å². The Kier molecular flexibility index (Phi) is 6.89. The van der Waals surface area contributed by atoms with Gasteiger partial charge in [-0.2, -0.15) is 0 Å². The van der Waals surface area contributed by atoms with Gasteiger partial charge in [-0.1, -0.05) is 77.0 Å². The number of aliphatic carboxylic acids is 1. The Hall–Kier alpha value is -0.530. The summed E-state index contributed by atoms with van der Waals surface area (Å²) in [5.41, 5.74) is 0. The molecule has 0 heterocycles. The molecule has 2 saturated carbocycles. The second-order valence-corrected chi connectivity index (χ2v) is 7.06. The molecule has 2 rings (SSSR count). The summed E-state index contributed by atoms with van der Waals surface area (Å²) < 4.78 is 0. The Morgan fingerprint density at radius 2 is 1.10 bits per heavy atom. The maximum Gasteiger partial charge on any atom is 0.306 e. The van der Waals surface area contributed by atoms with Crippen molar-refractivity contribution >= 4 is 5.97 Å². The highest BCUT2D eigenvalue weighted by atomic mass is 16.4. The highest BCUT2D eigenvalue weighted by molar-refractivity contribution is 5.70. The fourth-order valence-electron chi connectivity index (χ4n) is 4.48. The third-order valence-corrected chi connectivity index (χ3v) is 5.64. The van der Waals surface area contributed by atoms with Gasteiger partial charge in [-0.3, -0.25) is 4.79 Å². The Morgan fingerprint density at radius 3 is 1.65 bits per heavy atom. The number of hydrogen-bond donors (Lipinski definition) is 1. The second kappa shape index (κ2) is 8.69. The molecule has 0 radical (unpaired) electrons. The monoisotopic (exact) mass is 280 g/mol. The zero-order chi connectivity index (χ0) is 14.2. The second-order valence-electron chi connectivity index (χ2n) is 7.06. The minimum atomic E-state index is -0.515. The molecule has 2 heteroatoms. The molecule has 2 aliphatic rings. The van der Waals surface area contributed by atoms with Crippen LogP contribution in [0.25, 0.3) is 0 Å². The lowest BCUT2D eigenvalue weighted by Crippen LogP contribution is -2.30. The lowest BCUT2D eigenvalue weighted by Gasteiger charge is -2.33. The van der Waals surface area contributed by atoms with E-state index < -0.39 is 5.97 Å². The van der Waals surface area contributed by atoms with Crippen molar-refractivity contribution in [3.8, 4) is 0 Å². The molecular weight excluding hydrogens is 248 g/mol. The standard InChI is InChI=1S/C18H32O2/c19-18(20)17-14-10-6-2-5-9-13-16(17)15-11-7-3-1-4-8-12-15/h15-17H,1-14H2,(H,19,20). The zero-order valence-electron chi connectivity index (χ0n) is 13.0. The minimum Gasteiger partial charge on any atom is -0.481 e. The molecule has 2 aliphatic carbocycles. The Morgan fingerprint density at radius 1 is 0.650 bits per heavy atom. The van der Waals surface area contributed by atoms with Gasteiger partial charge in [0.15, 0.2) is 0 Å². The smallest absolute Gasteiger partial charge is 0.306 e. The van der Waals surface area contributed by atoms with Crippen molar-refractivity contribution in [1.82, 2.24) is 0 Å². The first-order chi connectivity index (χ1) is 9.79. The maximum absolute atomic E-state index is 11.7. The average Bonchev–Trinajstić information content (AvgIpc) is 2.50. The summed E-state index contributed by atoms with van der Waals surface area (Å²) in [5.74, 6) is 0.578. The molecule has 0 amide bonds. The predicted molar refractivity (Wildman–Crippen MR) is 82.7 cm³/mol. The molecule has 2 fully saturated rings. The Balaban J connectivity index is 2.05. The van der Waals surface area contributed by atoms with Crippen LogP contribution in [0, 0.1) is 17.8 Å². The average molecular weight is 280 g/mol. The highest BCUT2D eigenvalue weighted by Crippen LogP contribution is 2.38. The van der Waals surface area contributed by atoms with E-state index in [4.69, 9.17) is 0 Å². The molecule has 2 nitrogen and oxygen atoms in total. The van der Waals surface area contributed by atoms with Gasteiger partial charge in [-0.15, -0.1) is 0 Å². The lowest BCUT2D eigenvalue weighted by atomic mass is 9.72. The van der Waals surface area contributed by atoms with E-state index in [1.54, 1.807) is 0 Å². The van der Waals surface area contributed by atoms with Crippen molar-refractivity contribution in [2.75, 3.05) is 0 Å². The molecule has 0 aliphatic heterocycles. The van der Waals surface area contributed by atoms with Crippen LogP contribution >= 0.6 is 0 Å². The molecule has 0 saturated heterocycles.